The van der Waals surface area contributed by atoms with Gasteiger partial charge < -0.3 is 0 Å². The van der Waals surface area contributed by atoms with Crippen LogP contribution in [-0.2, 0) is 0 Å². The van der Waals surface area contributed by atoms with E-state index in [1.54, 1.807) is 0 Å². The van der Waals surface area contributed by atoms with Gasteiger partial charge >= 0.3 is 699 Å². The van der Waals surface area contributed by atoms with Crippen molar-refractivity contribution in [1.29, 1.82) is 0 Å². The second kappa shape index (κ2) is 25.4. The van der Waals surface area contributed by atoms with Crippen LogP contribution in [-0.4, -0.2) is 85.9 Å². The van der Waals surface area contributed by atoms with Crippen molar-refractivity contribution in [3.05, 3.63) is 358 Å². The normalized spacial score (nSPS) is 13.2. The van der Waals surface area contributed by atoms with Gasteiger partial charge in [0, 0.05) is 0 Å². The monoisotopic (exact) mass is 1790 g/mol. The van der Waals surface area contributed by atoms with E-state index in [1.165, 1.54) is 124 Å². The molecule has 4 aliphatic rings. The fourth-order valence-corrected chi connectivity index (χ4v) is 31.5. The van der Waals surface area contributed by atoms with Gasteiger partial charge in [0.2, 0.25) is 0 Å². The summed E-state index contributed by atoms with van der Waals surface area (Å²) in [6.07, 6.45) is 0. The molecule has 0 bridgehead atoms. The van der Waals surface area contributed by atoms with Crippen LogP contribution in [0.15, 0.2) is 358 Å². The quantitative estimate of drug-likeness (QED) is 0.134. The van der Waals surface area contributed by atoms with Crippen LogP contribution < -0.4 is 62.0 Å². The number of fused-ring (bicyclic) bond motifs is 23. The van der Waals surface area contributed by atoms with Gasteiger partial charge in [-0.15, -0.1) is 0 Å². The van der Waals surface area contributed by atoms with Crippen molar-refractivity contribution in [2.45, 2.75) is 0 Å². The number of benzene rings is 17. The third-order valence-corrected chi connectivity index (χ3v) is 36.3. The van der Waals surface area contributed by atoms with Crippen LogP contribution >= 0.6 is 0 Å². The standard InChI is InChI=1S/C102H59B2N5OSe5/c1-3-21-60(22-4-1)105(62-39-44-74-69-25-7-16-34-91(69)111-96(74)53-62)67-49-86-101-87(50-67)109(66-43-48-78-73-29-11-20-38-95(73)115-100(78)57-66)85-59-89-82(58-81(85)103(101)79-30-12-14-32-83(79)107(86)64-41-46-76-71-27-9-18-36-93(71)113-98(76)55-64)104-80-31-13-15-33-84(80)108(65-42-47-77-72-28-10-19-37-94(72)114-99(77)56-65)88-51-68(52-90(110-89)102(88)104)106(61-23-5-2-6-24-61)63-40-45-75-70-26-8-17-35-92(70)112-97(75)54-63/h1-59H. The number of rotatable bonds is 9. The molecule has 0 aliphatic carbocycles. The van der Waals surface area contributed by atoms with E-state index >= 15 is 0 Å². The summed E-state index contributed by atoms with van der Waals surface area (Å²) in [4.78, 5) is 12.9. The van der Waals surface area contributed by atoms with Crippen LogP contribution in [0.2, 0.25) is 0 Å². The molecule has 0 atom stereocenters. The summed E-state index contributed by atoms with van der Waals surface area (Å²) in [5.41, 5.74) is 24.1. The molecule has 17 aromatic carbocycles. The van der Waals surface area contributed by atoms with Gasteiger partial charge in [-0.1, -0.05) is 0 Å². The van der Waals surface area contributed by atoms with Gasteiger partial charge in [0.05, 0.1) is 0 Å². The molecule has 0 radical (unpaired) electrons. The Labute approximate surface area is 692 Å². The van der Waals surface area contributed by atoms with E-state index in [-0.39, 0.29) is 85.9 Å². The van der Waals surface area contributed by atoms with Crippen LogP contribution in [0.4, 0.5) is 85.3 Å². The van der Waals surface area contributed by atoms with E-state index in [9.17, 15) is 0 Å². The molecule has 26 rings (SSSR count). The molecular weight excluding hydrogens is 1730 g/mol. The van der Waals surface area contributed by atoms with Crippen molar-refractivity contribution in [2.75, 3.05) is 24.5 Å². The number of nitrogens with zero attached hydrogens (tertiary/aromatic N) is 5. The van der Waals surface area contributed by atoms with Crippen molar-refractivity contribution in [2.24, 2.45) is 0 Å². The van der Waals surface area contributed by atoms with E-state index in [0.29, 0.717) is 0 Å². The van der Waals surface area contributed by atoms with Crippen LogP contribution in [0.25, 0.3) is 96.5 Å². The zero-order valence-corrected chi connectivity index (χ0v) is 70.0. The van der Waals surface area contributed by atoms with Crippen LogP contribution in [0.1, 0.15) is 0 Å². The third kappa shape index (κ3) is 9.90. The number of anilines is 15. The average Bonchev–Trinajstić information content (AvgIpc) is 1.51. The second-order valence-electron chi connectivity index (χ2n) is 30.6. The molecule has 0 saturated carbocycles. The zero-order valence-electron chi connectivity index (χ0n) is 61.4. The first-order valence-corrected chi connectivity index (χ1v) is 47.6. The number of hydrogen-bond acceptors (Lipinski definition) is 6. The van der Waals surface area contributed by atoms with Gasteiger partial charge in [-0.3, -0.25) is 0 Å². The molecule has 0 unspecified atom stereocenters. The van der Waals surface area contributed by atoms with E-state index in [0.717, 1.165) is 102 Å². The predicted molar refractivity (Wildman–Crippen MR) is 495 cm³/mol. The van der Waals surface area contributed by atoms with Gasteiger partial charge in [-0.25, -0.2) is 0 Å². The van der Waals surface area contributed by atoms with Gasteiger partial charge in [-0.2, -0.15) is 0 Å². The van der Waals surface area contributed by atoms with Gasteiger partial charge in [0.15, 0.2) is 0 Å². The number of hydrogen-bond donors (Lipinski definition) is 0. The maximum absolute atomic E-state index is 8.14. The van der Waals surface area contributed by atoms with E-state index in [1.807, 2.05) is 0 Å². The molecule has 0 saturated heterocycles. The molecule has 22 aromatic rings. The predicted octanol–water partition coefficient (Wildman–Crippen LogP) is 21.9. The number of para-hydroxylation sites is 4. The maximum atomic E-state index is 8.14. The summed E-state index contributed by atoms with van der Waals surface area (Å²) in [5, 5.41) is 13.4. The second-order valence-corrected chi connectivity index (χ2v) is 41.9. The van der Waals surface area contributed by atoms with Gasteiger partial charge in [0.25, 0.3) is 0 Å². The van der Waals surface area contributed by atoms with Gasteiger partial charge in [-0.05, 0) is 0 Å². The number of ether oxygens (including phenoxy) is 1. The summed E-state index contributed by atoms with van der Waals surface area (Å²) < 4.78 is 22.3. The minimum absolute atomic E-state index is 0.0823. The topological polar surface area (TPSA) is 25.4 Å². The molecule has 0 fully saturated rings. The first-order valence-electron chi connectivity index (χ1n) is 39.1. The van der Waals surface area contributed by atoms with E-state index in [4.69, 9.17) is 4.74 Å². The Morgan fingerprint density at radius 3 is 0.957 bits per heavy atom. The summed E-state index contributed by atoms with van der Waals surface area (Å²) in [5.74, 6) is 1.70. The molecule has 6 nitrogen and oxygen atoms in total. The molecule has 115 heavy (non-hydrogen) atoms. The van der Waals surface area contributed by atoms with Crippen molar-refractivity contribution < 1.29 is 4.74 Å². The first kappa shape index (κ1) is 65.6. The van der Waals surface area contributed by atoms with Crippen molar-refractivity contribution in [1.82, 2.24) is 0 Å². The minimum atomic E-state index is -0.221. The summed E-state index contributed by atoms with van der Waals surface area (Å²) in [7, 11) is 0. The Balaban J connectivity index is 0.748. The first-order chi connectivity index (χ1) is 57.0. The van der Waals surface area contributed by atoms with Crippen LogP contribution in [0, 0.1) is 0 Å². The van der Waals surface area contributed by atoms with Crippen molar-refractivity contribution in [3.63, 3.8) is 0 Å². The Morgan fingerprint density at radius 2 is 0.530 bits per heavy atom. The summed E-state index contributed by atoms with van der Waals surface area (Å²) in [6, 6.07) is 137. The van der Waals surface area contributed by atoms with Crippen molar-refractivity contribution in [3.8, 4) is 11.5 Å². The van der Waals surface area contributed by atoms with E-state index in [2.05, 4.69) is 382 Å². The van der Waals surface area contributed by atoms with Gasteiger partial charge in [0.1, 0.15) is 0 Å². The molecule has 0 amide bonds. The molecule has 5 aromatic heterocycles. The Hall–Kier alpha value is -11.7. The Morgan fingerprint density at radius 1 is 0.200 bits per heavy atom. The van der Waals surface area contributed by atoms with E-state index < -0.39 is 0 Å². The molecule has 9 heterocycles. The molecule has 13 heteroatoms. The van der Waals surface area contributed by atoms with Crippen LogP contribution in [0.3, 0.4) is 0 Å². The SMILES string of the molecule is c1ccc(N(c2cc3c4c(c2)N(c2ccc5c(c2)[se]c2ccccc25)c2ccccc2B4c2cc4c(cc2O3)N(c2ccc3c(c2)[se]c2ccccc23)c2cc(N(c3ccccc3)c3ccc5c(c3)[se]c3ccccc35)cc3c2B4c2ccccc2N3c2ccc3c(c2)[se]c2ccccc23)c2ccc3c(c2)[se]c2ccccc23)cc1. The van der Waals surface area contributed by atoms with Crippen LogP contribution in [0.5, 0.6) is 11.5 Å². The molecule has 4 aliphatic heterocycles. The molecular formula is C102H59B2N5OSe5. The Kier molecular flexibility index (Phi) is 14.5. The summed E-state index contributed by atoms with van der Waals surface area (Å²) in [6.45, 7) is -0.432. The zero-order chi connectivity index (χ0) is 74.8. The molecule has 534 valence electrons. The average molecular weight is 1790 g/mol. The summed E-state index contributed by atoms with van der Waals surface area (Å²) >= 11 is 0.644. The van der Waals surface area contributed by atoms with Crippen molar-refractivity contribution >= 4 is 300 Å². The fourth-order valence-electron chi connectivity index (χ4n) is 19.5. The Bertz CT molecular complexity index is 7940. The molecule has 0 N–H and O–H groups in total. The molecule has 0 spiro atoms. The fraction of sp³-hybridized carbons (Fsp3) is 0. The third-order valence-electron chi connectivity index (χ3n) is 24.4.